The zero-order valence-electron chi connectivity index (χ0n) is 12.8. The molecule has 1 saturated heterocycles. The molecule has 0 saturated carbocycles. The first-order valence-electron chi connectivity index (χ1n) is 7.30. The number of fused-ring (bicyclic) bond motifs is 1. The van der Waals surface area contributed by atoms with Crippen molar-refractivity contribution in [3.8, 4) is 0 Å². The van der Waals surface area contributed by atoms with Gasteiger partial charge in [-0.25, -0.2) is 4.99 Å². The number of nitrogens with zero attached hydrogens (tertiary/aromatic N) is 1. The zero-order chi connectivity index (χ0) is 16.4. The summed E-state index contributed by atoms with van der Waals surface area (Å²) in [5, 5.41) is 0. The van der Waals surface area contributed by atoms with Gasteiger partial charge in [0.2, 0.25) is 5.90 Å². The van der Waals surface area contributed by atoms with Crippen molar-refractivity contribution in [2.45, 2.75) is 38.4 Å². The molecular formula is C16H17NO6. The lowest BCUT2D eigenvalue weighted by molar-refractivity contribution is -0.157. The fourth-order valence-electron chi connectivity index (χ4n) is 2.60. The largest absolute Gasteiger partial charge is 0.465 e. The van der Waals surface area contributed by atoms with Crippen molar-refractivity contribution in [2.24, 2.45) is 4.99 Å². The maximum Gasteiger partial charge on any atom is 0.303 e. The van der Waals surface area contributed by atoms with Gasteiger partial charge in [0.15, 0.2) is 18.4 Å². The topological polar surface area (TPSA) is 83.4 Å². The van der Waals surface area contributed by atoms with Crippen LogP contribution in [0, 0.1) is 0 Å². The van der Waals surface area contributed by atoms with Gasteiger partial charge in [-0.1, -0.05) is 18.2 Å². The van der Waals surface area contributed by atoms with Gasteiger partial charge in [-0.05, 0) is 12.1 Å². The lowest BCUT2D eigenvalue weighted by Gasteiger charge is -2.21. The van der Waals surface area contributed by atoms with E-state index in [4.69, 9.17) is 18.9 Å². The molecule has 0 spiro atoms. The highest BCUT2D eigenvalue weighted by molar-refractivity contribution is 5.95. The summed E-state index contributed by atoms with van der Waals surface area (Å²) in [7, 11) is 0. The molecule has 0 N–H and O–H groups in total. The van der Waals surface area contributed by atoms with Gasteiger partial charge in [-0.3, -0.25) is 9.59 Å². The molecule has 7 heteroatoms. The average Bonchev–Trinajstić information content (AvgIpc) is 3.05. The van der Waals surface area contributed by atoms with Crippen molar-refractivity contribution in [3.05, 3.63) is 35.9 Å². The first-order valence-corrected chi connectivity index (χ1v) is 7.30. The van der Waals surface area contributed by atoms with Crippen LogP contribution in [0.25, 0.3) is 0 Å². The summed E-state index contributed by atoms with van der Waals surface area (Å²) >= 11 is 0. The molecule has 1 aromatic carbocycles. The van der Waals surface area contributed by atoms with Crippen LogP contribution in [0.5, 0.6) is 0 Å². The Hall–Kier alpha value is -2.41. The number of hydrogen-bond acceptors (Lipinski definition) is 7. The van der Waals surface area contributed by atoms with E-state index in [-0.39, 0.29) is 6.61 Å². The van der Waals surface area contributed by atoms with Gasteiger partial charge in [0.05, 0.1) is 0 Å². The number of carbonyl (C=O) groups excluding carboxylic acids is 2. The van der Waals surface area contributed by atoms with Gasteiger partial charge in [0, 0.05) is 19.4 Å². The molecule has 1 aromatic rings. The second kappa shape index (κ2) is 6.37. The van der Waals surface area contributed by atoms with E-state index in [9.17, 15) is 9.59 Å². The van der Waals surface area contributed by atoms with Gasteiger partial charge in [0.1, 0.15) is 12.7 Å². The van der Waals surface area contributed by atoms with E-state index in [0.717, 1.165) is 5.56 Å². The van der Waals surface area contributed by atoms with Crippen LogP contribution in [0.15, 0.2) is 35.3 Å². The third-order valence-electron chi connectivity index (χ3n) is 3.55. The van der Waals surface area contributed by atoms with Crippen LogP contribution in [-0.4, -0.2) is 49.0 Å². The van der Waals surface area contributed by atoms with E-state index in [1.807, 2.05) is 30.3 Å². The van der Waals surface area contributed by atoms with Crippen LogP contribution < -0.4 is 0 Å². The fraction of sp³-hybridized carbons (Fsp3) is 0.438. The molecular weight excluding hydrogens is 302 g/mol. The van der Waals surface area contributed by atoms with E-state index in [1.165, 1.54) is 13.8 Å². The standard InChI is InChI=1S/C16H17NO6/c1-9(18)20-8-12-13(21-10(2)19)14-16(22-12)17-15(23-14)11-6-4-3-5-7-11/h3-7,12-14,16H,8H2,1-2H3/t12-,13-,14-,16+/m1/s1. The van der Waals surface area contributed by atoms with Crippen molar-refractivity contribution in [2.75, 3.05) is 6.61 Å². The molecule has 0 bridgehead atoms. The molecule has 23 heavy (non-hydrogen) atoms. The molecule has 2 aliphatic heterocycles. The van der Waals surface area contributed by atoms with Crippen molar-refractivity contribution in [1.29, 1.82) is 0 Å². The zero-order valence-corrected chi connectivity index (χ0v) is 12.8. The number of benzene rings is 1. The summed E-state index contributed by atoms with van der Waals surface area (Å²) in [6.45, 7) is 2.60. The van der Waals surface area contributed by atoms with Gasteiger partial charge in [-0.2, -0.15) is 0 Å². The summed E-state index contributed by atoms with van der Waals surface area (Å²) in [5.74, 6) is -0.436. The monoisotopic (exact) mass is 319 g/mol. The number of rotatable bonds is 4. The predicted molar refractivity (Wildman–Crippen MR) is 78.7 cm³/mol. The highest BCUT2D eigenvalue weighted by atomic mass is 16.7. The molecule has 7 nitrogen and oxygen atoms in total. The van der Waals surface area contributed by atoms with Crippen molar-refractivity contribution in [3.63, 3.8) is 0 Å². The van der Waals surface area contributed by atoms with E-state index in [0.29, 0.717) is 5.90 Å². The Morgan fingerprint density at radius 1 is 1.17 bits per heavy atom. The lowest BCUT2D eigenvalue weighted by Crippen LogP contribution is -2.39. The minimum absolute atomic E-state index is 0.0141. The Balaban J connectivity index is 1.75. The number of hydrogen-bond donors (Lipinski definition) is 0. The summed E-state index contributed by atoms with van der Waals surface area (Å²) in [6.07, 6.45) is -2.41. The number of ether oxygens (including phenoxy) is 4. The third kappa shape index (κ3) is 3.34. The molecule has 0 aromatic heterocycles. The minimum atomic E-state index is -0.679. The van der Waals surface area contributed by atoms with E-state index in [1.54, 1.807) is 0 Å². The molecule has 0 radical (unpaired) electrons. The van der Waals surface area contributed by atoms with Crippen LogP contribution >= 0.6 is 0 Å². The van der Waals surface area contributed by atoms with Crippen molar-refractivity contribution in [1.82, 2.24) is 0 Å². The maximum atomic E-state index is 11.3. The molecule has 1 fully saturated rings. The van der Waals surface area contributed by atoms with Crippen LogP contribution in [0.3, 0.4) is 0 Å². The molecule has 2 aliphatic rings. The summed E-state index contributed by atoms with van der Waals surface area (Å²) in [5.41, 5.74) is 0.823. The van der Waals surface area contributed by atoms with E-state index in [2.05, 4.69) is 4.99 Å². The number of carbonyl (C=O) groups is 2. The lowest BCUT2D eigenvalue weighted by atomic mass is 10.1. The molecule has 4 atom stereocenters. The van der Waals surface area contributed by atoms with Crippen molar-refractivity contribution >= 4 is 17.8 Å². The normalized spacial score (nSPS) is 28.5. The molecule has 3 rings (SSSR count). The molecule has 0 unspecified atom stereocenters. The summed E-state index contributed by atoms with van der Waals surface area (Å²) in [4.78, 5) is 26.7. The Bertz CT molecular complexity index is 629. The smallest absolute Gasteiger partial charge is 0.303 e. The van der Waals surface area contributed by atoms with Crippen LogP contribution in [0.4, 0.5) is 0 Å². The third-order valence-corrected chi connectivity index (χ3v) is 3.55. The first kappa shape index (κ1) is 15.5. The maximum absolute atomic E-state index is 11.3. The Morgan fingerprint density at radius 3 is 2.57 bits per heavy atom. The predicted octanol–water partition coefficient (Wildman–Crippen LogP) is 1.05. The molecule has 2 heterocycles. The Morgan fingerprint density at radius 2 is 1.91 bits per heavy atom. The van der Waals surface area contributed by atoms with Crippen LogP contribution in [0.1, 0.15) is 19.4 Å². The molecule has 0 aliphatic carbocycles. The molecule has 122 valence electrons. The van der Waals surface area contributed by atoms with E-state index >= 15 is 0 Å². The molecule has 0 amide bonds. The summed E-state index contributed by atoms with van der Waals surface area (Å²) < 4.78 is 21.8. The quantitative estimate of drug-likeness (QED) is 0.772. The second-order valence-corrected chi connectivity index (χ2v) is 5.32. The minimum Gasteiger partial charge on any atom is -0.465 e. The SMILES string of the molecule is CC(=O)OC[C@H]1O[C@@H]2N=C(c3ccccc3)O[C@@H]2[C@@H]1OC(C)=O. The summed E-state index contributed by atoms with van der Waals surface area (Å²) in [6, 6.07) is 9.40. The van der Waals surface area contributed by atoms with Gasteiger partial charge < -0.3 is 18.9 Å². The van der Waals surface area contributed by atoms with Gasteiger partial charge in [0.25, 0.3) is 0 Å². The second-order valence-electron chi connectivity index (χ2n) is 5.32. The van der Waals surface area contributed by atoms with Gasteiger partial charge >= 0.3 is 11.9 Å². The highest BCUT2D eigenvalue weighted by Gasteiger charge is 2.52. The number of esters is 2. The highest BCUT2D eigenvalue weighted by Crippen LogP contribution is 2.33. The first-order chi connectivity index (χ1) is 11.0. The van der Waals surface area contributed by atoms with Crippen LogP contribution in [-0.2, 0) is 28.5 Å². The Labute approximate surface area is 133 Å². The average molecular weight is 319 g/mol. The number of aliphatic imine (C=N–C) groups is 1. The fourth-order valence-corrected chi connectivity index (χ4v) is 2.60. The van der Waals surface area contributed by atoms with Crippen LogP contribution in [0.2, 0.25) is 0 Å². The Kier molecular flexibility index (Phi) is 4.29. The van der Waals surface area contributed by atoms with Crippen molar-refractivity contribution < 1.29 is 28.5 Å². The van der Waals surface area contributed by atoms with E-state index < -0.39 is 36.5 Å². The van der Waals surface area contributed by atoms with Gasteiger partial charge in [-0.15, -0.1) is 0 Å².